The van der Waals surface area contributed by atoms with Gasteiger partial charge < -0.3 is 0 Å². The zero-order valence-electron chi connectivity index (χ0n) is 19.1. The van der Waals surface area contributed by atoms with Gasteiger partial charge in [0.05, 0.1) is 0 Å². The van der Waals surface area contributed by atoms with Crippen LogP contribution in [0.2, 0.25) is 0 Å². The standard InChI is InChI=1S/C34H26/c1-2-26-18-20-27(21-19-26)28-22-24-32(25-23-28)34(31-16-10-5-11-17-31)33(29-12-6-3-7-13-29)30-14-8-4-9-15-30/h2-25H,1H2. The minimum Gasteiger partial charge on any atom is -0.0985 e. The van der Waals surface area contributed by atoms with Crippen molar-refractivity contribution in [1.29, 1.82) is 0 Å². The van der Waals surface area contributed by atoms with Crippen molar-refractivity contribution in [3.05, 3.63) is 174 Å². The molecule has 0 heteroatoms. The summed E-state index contributed by atoms with van der Waals surface area (Å²) in [4.78, 5) is 0. The van der Waals surface area contributed by atoms with Crippen LogP contribution in [0.3, 0.4) is 0 Å². The summed E-state index contributed by atoms with van der Waals surface area (Å²) < 4.78 is 0. The summed E-state index contributed by atoms with van der Waals surface area (Å²) in [5.41, 5.74) is 10.8. The molecule has 0 spiro atoms. The van der Waals surface area contributed by atoms with E-state index in [1.807, 2.05) is 6.08 Å². The smallest absolute Gasteiger partial charge is 0.00268 e. The Kier molecular flexibility index (Phi) is 6.31. The SMILES string of the molecule is C=Cc1ccc(-c2ccc(C(=C(c3ccccc3)c3ccccc3)c3ccccc3)cc2)cc1. The molecule has 34 heavy (non-hydrogen) atoms. The number of hydrogen-bond acceptors (Lipinski definition) is 0. The average Bonchev–Trinajstić information content (AvgIpc) is 2.93. The number of rotatable bonds is 6. The Morgan fingerprint density at radius 2 is 0.706 bits per heavy atom. The largest absolute Gasteiger partial charge is 0.0985 e. The fourth-order valence-electron chi connectivity index (χ4n) is 4.37. The van der Waals surface area contributed by atoms with E-state index in [1.54, 1.807) is 0 Å². The van der Waals surface area contributed by atoms with Crippen LogP contribution in [0.4, 0.5) is 0 Å². The molecule has 0 N–H and O–H groups in total. The minimum absolute atomic E-state index is 1.13. The van der Waals surface area contributed by atoms with Crippen LogP contribution in [-0.4, -0.2) is 0 Å². The molecule has 5 aromatic carbocycles. The second kappa shape index (κ2) is 10.0. The van der Waals surface area contributed by atoms with Crippen molar-refractivity contribution >= 4 is 17.2 Å². The molecule has 5 rings (SSSR count). The summed E-state index contributed by atoms with van der Waals surface area (Å²) in [6, 6.07) is 49.5. The van der Waals surface area contributed by atoms with Gasteiger partial charge in [0.15, 0.2) is 0 Å². The maximum Gasteiger partial charge on any atom is -0.00268 e. The summed E-state index contributed by atoms with van der Waals surface area (Å²) in [6.07, 6.45) is 1.87. The van der Waals surface area contributed by atoms with Crippen LogP contribution in [0.1, 0.15) is 27.8 Å². The first kappa shape index (κ1) is 21.4. The molecule has 0 saturated carbocycles. The summed E-state index contributed by atoms with van der Waals surface area (Å²) in [7, 11) is 0. The lowest BCUT2D eigenvalue weighted by molar-refractivity contribution is 1.50. The van der Waals surface area contributed by atoms with Crippen molar-refractivity contribution in [2.75, 3.05) is 0 Å². The molecule has 0 fully saturated rings. The van der Waals surface area contributed by atoms with Crippen molar-refractivity contribution < 1.29 is 0 Å². The van der Waals surface area contributed by atoms with Crippen LogP contribution < -0.4 is 0 Å². The highest BCUT2D eigenvalue weighted by atomic mass is 14.2. The minimum atomic E-state index is 1.13. The van der Waals surface area contributed by atoms with E-state index in [0.29, 0.717) is 0 Å². The van der Waals surface area contributed by atoms with Crippen LogP contribution in [-0.2, 0) is 0 Å². The van der Waals surface area contributed by atoms with Gasteiger partial charge in [0, 0.05) is 0 Å². The van der Waals surface area contributed by atoms with Gasteiger partial charge in [0.2, 0.25) is 0 Å². The first-order chi connectivity index (χ1) is 16.8. The second-order valence-corrected chi connectivity index (χ2v) is 8.25. The Bertz CT molecular complexity index is 1350. The zero-order chi connectivity index (χ0) is 23.2. The van der Waals surface area contributed by atoms with E-state index in [-0.39, 0.29) is 0 Å². The third-order valence-corrected chi connectivity index (χ3v) is 6.09. The molecular weight excluding hydrogens is 408 g/mol. The first-order valence-electron chi connectivity index (χ1n) is 11.6. The van der Waals surface area contributed by atoms with Gasteiger partial charge in [-0.1, -0.05) is 152 Å². The van der Waals surface area contributed by atoms with Crippen LogP contribution in [0.25, 0.3) is 28.3 Å². The van der Waals surface area contributed by atoms with E-state index in [0.717, 1.165) is 5.56 Å². The maximum atomic E-state index is 3.85. The Balaban J connectivity index is 1.71. The Labute approximate surface area is 202 Å². The van der Waals surface area contributed by atoms with Crippen molar-refractivity contribution in [3.8, 4) is 11.1 Å². The Morgan fingerprint density at radius 3 is 1.06 bits per heavy atom. The molecule has 0 aliphatic rings. The van der Waals surface area contributed by atoms with Crippen LogP contribution in [0.5, 0.6) is 0 Å². The first-order valence-corrected chi connectivity index (χ1v) is 11.6. The quantitative estimate of drug-likeness (QED) is 0.234. The predicted molar refractivity (Wildman–Crippen MR) is 146 cm³/mol. The lowest BCUT2D eigenvalue weighted by Crippen LogP contribution is -1.97. The van der Waals surface area contributed by atoms with E-state index >= 15 is 0 Å². The van der Waals surface area contributed by atoms with E-state index in [2.05, 4.69) is 146 Å². The molecule has 0 radical (unpaired) electrons. The molecule has 0 unspecified atom stereocenters. The molecule has 0 saturated heterocycles. The van der Waals surface area contributed by atoms with Gasteiger partial charge in [-0.3, -0.25) is 0 Å². The van der Waals surface area contributed by atoms with Gasteiger partial charge >= 0.3 is 0 Å². The third-order valence-electron chi connectivity index (χ3n) is 6.09. The fourth-order valence-corrected chi connectivity index (χ4v) is 4.37. The molecule has 0 amide bonds. The molecular formula is C34H26. The highest BCUT2D eigenvalue weighted by Crippen LogP contribution is 2.37. The number of benzene rings is 5. The molecule has 0 nitrogen and oxygen atoms in total. The van der Waals surface area contributed by atoms with Crippen LogP contribution in [0, 0.1) is 0 Å². The van der Waals surface area contributed by atoms with Gasteiger partial charge in [-0.25, -0.2) is 0 Å². The van der Waals surface area contributed by atoms with Gasteiger partial charge in [-0.2, -0.15) is 0 Å². The normalized spacial score (nSPS) is 10.5. The second-order valence-electron chi connectivity index (χ2n) is 8.25. The predicted octanol–water partition coefficient (Wildman–Crippen LogP) is 9.00. The molecule has 0 aliphatic carbocycles. The van der Waals surface area contributed by atoms with Crippen LogP contribution >= 0.6 is 0 Å². The molecule has 0 aliphatic heterocycles. The summed E-state index contributed by atoms with van der Waals surface area (Å²) >= 11 is 0. The zero-order valence-corrected chi connectivity index (χ0v) is 19.1. The van der Waals surface area contributed by atoms with Crippen molar-refractivity contribution in [1.82, 2.24) is 0 Å². The van der Waals surface area contributed by atoms with Crippen molar-refractivity contribution in [2.45, 2.75) is 0 Å². The highest BCUT2D eigenvalue weighted by Gasteiger charge is 2.16. The molecule has 162 valence electrons. The molecule has 0 atom stereocenters. The van der Waals surface area contributed by atoms with Crippen molar-refractivity contribution in [2.24, 2.45) is 0 Å². The summed E-state index contributed by atoms with van der Waals surface area (Å²) in [5.74, 6) is 0. The average molecular weight is 435 g/mol. The van der Waals surface area contributed by atoms with Crippen molar-refractivity contribution in [3.63, 3.8) is 0 Å². The molecule has 5 aromatic rings. The van der Waals surface area contributed by atoms with Gasteiger partial charge in [-0.05, 0) is 50.1 Å². The molecule has 0 heterocycles. The number of hydrogen-bond donors (Lipinski definition) is 0. The van der Waals surface area contributed by atoms with Gasteiger partial charge in [0.1, 0.15) is 0 Å². The van der Waals surface area contributed by atoms with E-state index < -0.39 is 0 Å². The third kappa shape index (κ3) is 4.53. The Morgan fingerprint density at radius 1 is 0.382 bits per heavy atom. The van der Waals surface area contributed by atoms with Crippen LogP contribution in [0.15, 0.2) is 146 Å². The van der Waals surface area contributed by atoms with Gasteiger partial charge in [-0.15, -0.1) is 0 Å². The summed E-state index contributed by atoms with van der Waals surface area (Å²) in [5, 5.41) is 0. The van der Waals surface area contributed by atoms with E-state index in [1.165, 1.54) is 44.5 Å². The highest BCUT2D eigenvalue weighted by molar-refractivity contribution is 6.04. The van der Waals surface area contributed by atoms with E-state index in [4.69, 9.17) is 0 Å². The Hall–Kier alpha value is -4.42. The lowest BCUT2D eigenvalue weighted by Gasteiger charge is -2.18. The molecule has 0 aromatic heterocycles. The summed E-state index contributed by atoms with van der Waals surface area (Å²) in [6.45, 7) is 3.85. The topological polar surface area (TPSA) is 0 Å². The van der Waals surface area contributed by atoms with Gasteiger partial charge in [0.25, 0.3) is 0 Å². The monoisotopic (exact) mass is 434 g/mol. The fraction of sp³-hybridized carbons (Fsp3) is 0. The maximum absolute atomic E-state index is 3.85. The molecule has 0 bridgehead atoms. The van der Waals surface area contributed by atoms with E-state index in [9.17, 15) is 0 Å². The lowest BCUT2D eigenvalue weighted by atomic mass is 9.85.